The van der Waals surface area contributed by atoms with Crippen molar-refractivity contribution in [2.24, 2.45) is 4.99 Å². The molecular weight excluding hydrogens is 219 g/mol. The third kappa shape index (κ3) is 1.86. The molecule has 6 heteroatoms. The Morgan fingerprint density at radius 3 is 3.00 bits per heavy atom. The molecule has 1 fully saturated rings. The average molecular weight is 234 g/mol. The third-order valence-electron chi connectivity index (χ3n) is 2.73. The molecule has 0 bridgehead atoms. The molecule has 2 rings (SSSR count). The lowest BCUT2D eigenvalue weighted by Crippen LogP contribution is -2.52. The van der Waals surface area contributed by atoms with Crippen LogP contribution < -0.4 is 5.32 Å². The lowest BCUT2D eigenvalue weighted by atomic mass is 9.98. The molecule has 0 spiro atoms. The van der Waals surface area contributed by atoms with Crippen LogP contribution >= 0.6 is 11.8 Å². The largest absolute Gasteiger partial charge is 0.387 e. The van der Waals surface area contributed by atoms with Crippen LogP contribution in [-0.2, 0) is 4.74 Å². The van der Waals surface area contributed by atoms with Crippen LogP contribution in [0.2, 0.25) is 0 Å². The van der Waals surface area contributed by atoms with E-state index >= 15 is 0 Å². The Morgan fingerprint density at radius 1 is 1.67 bits per heavy atom. The molecule has 0 radical (unpaired) electrons. The number of hydrogen-bond acceptors (Lipinski definition) is 5. The van der Waals surface area contributed by atoms with Crippen molar-refractivity contribution >= 4 is 16.9 Å². The van der Waals surface area contributed by atoms with Crippen LogP contribution in [0.1, 0.15) is 13.3 Å². The highest BCUT2D eigenvalue weighted by Crippen LogP contribution is 2.37. The molecule has 0 aromatic rings. The number of alkyl halides is 1. The molecule has 5 atom stereocenters. The SMILES string of the molecule is CC[C@H]1O[C@@H]2SC(NC)=N[C@@H]2[C@H](F)[C@H]1O. The molecule has 2 N–H and O–H groups in total. The fraction of sp³-hybridized carbons (Fsp3) is 0.889. The Hall–Kier alpha value is -0.330. The van der Waals surface area contributed by atoms with Crippen LogP contribution in [0.15, 0.2) is 4.99 Å². The number of hydrogen-bond donors (Lipinski definition) is 2. The summed E-state index contributed by atoms with van der Waals surface area (Å²) >= 11 is 1.39. The molecule has 2 heterocycles. The quantitative estimate of drug-likeness (QED) is 0.694. The fourth-order valence-electron chi connectivity index (χ4n) is 1.86. The first-order valence-corrected chi connectivity index (χ1v) is 5.95. The van der Waals surface area contributed by atoms with Gasteiger partial charge in [0.25, 0.3) is 0 Å². The van der Waals surface area contributed by atoms with Crippen molar-refractivity contribution in [1.29, 1.82) is 0 Å². The summed E-state index contributed by atoms with van der Waals surface area (Å²) in [4.78, 5) is 4.14. The Kier molecular flexibility index (Phi) is 3.18. The molecule has 2 aliphatic heterocycles. The predicted octanol–water partition coefficient (Wildman–Crippen LogP) is 0.511. The summed E-state index contributed by atoms with van der Waals surface area (Å²) in [6, 6.07) is -0.574. The van der Waals surface area contributed by atoms with Gasteiger partial charge in [-0.2, -0.15) is 0 Å². The van der Waals surface area contributed by atoms with E-state index in [1.54, 1.807) is 7.05 Å². The first-order valence-electron chi connectivity index (χ1n) is 5.07. The fourth-order valence-corrected chi connectivity index (χ4v) is 2.93. The molecule has 86 valence electrons. The minimum absolute atomic E-state index is 0.296. The Balaban J connectivity index is 2.12. The van der Waals surface area contributed by atoms with Gasteiger partial charge in [-0.15, -0.1) is 0 Å². The molecule has 0 aliphatic carbocycles. The number of fused-ring (bicyclic) bond motifs is 1. The van der Waals surface area contributed by atoms with Crippen LogP contribution in [0.25, 0.3) is 0 Å². The zero-order valence-corrected chi connectivity index (χ0v) is 9.50. The summed E-state index contributed by atoms with van der Waals surface area (Å²) < 4.78 is 19.4. The molecule has 0 saturated carbocycles. The maximum absolute atomic E-state index is 13.8. The summed E-state index contributed by atoms with van der Waals surface area (Å²) in [5.74, 6) is 0. The number of halogens is 1. The van der Waals surface area contributed by atoms with Crippen LogP contribution in [0.3, 0.4) is 0 Å². The smallest absolute Gasteiger partial charge is 0.159 e. The number of nitrogens with one attached hydrogen (secondary N) is 1. The van der Waals surface area contributed by atoms with Crippen molar-refractivity contribution in [3.8, 4) is 0 Å². The van der Waals surface area contributed by atoms with Gasteiger partial charge in [0.15, 0.2) is 11.3 Å². The molecule has 2 aliphatic rings. The Morgan fingerprint density at radius 2 is 2.40 bits per heavy atom. The second-order valence-electron chi connectivity index (χ2n) is 3.68. The van der Waals surface area contributed by atoms with E-state index in [0.29, 0.717) is 11.6 Å². The maximum atomic E-state index is 13.8. The van der Waals surface area contributed by atoms with E-state index in [-0.39, 0.29) is 5.44 Å². The van der Waals surface area contributed by atoms with Gasteiger partial charge in [-0.3, -0.25) is 4.99 Å². The first kappa shape index (κ1) is 11.2. The summed E-state index contributed by atoms with van der Waals surface area (Å²) in [6.45, 7) is 1.88. The van der Waals surface area contributed by atoms with Gasteiger partial charge in [0.1, 0.15) is 17.6 Å². The van der Waals surface area contributed by atoms with Crippen LogP contribution in [0, 0.1) is 0 Å². The molecule has 0 aromatic carbocycles. The maximum Gasteiger partial charge on any atom is 0.159 e. The summed E-state index contributed by atoms with van der Waals surface area (Å²) in [7, 11) is 1.74. The monoisotopic (exact) mass is 234 g/mol. The number of aliphatic imine (C=N–C) groups is 1. The van der Waals surface area contributed by atoms with E-state index in [2.05, 4.69) is 10.3 Å². The van der Waals surface area contributed by atoms with E-state index < -0.39 is 24.4 Å². The van der Waals surface area contributed by atoms with Crippen molar-refractivity contribution in [1.82, 2.24) is 5.32 Å². The zero-order valence-electron chi connectivity index (χ0n) is 8.68. The lowest BCUT2D eigenvalue weighted by Gasteiger charge is -2.36. The molecule has 15 heavy (non-hydrogen) atoms. The van der Waals surface area contributed by atoms with Gasteiger partial charge in [0.05, 0.1) is 6.10 Å². The molecule has 4 nitrogen and oxygen atoms in total. The zero-order chi connectivity index (χ0) is 11.0. The minimum atomic E-state index is -1.33. The first-order chi connectivity index (χ1) is 7.17. The van der Waals surface area contributed by atoms with E-state index in [9.17, 15) is 9.50 Å². The van der Waals surface area contributed by atoms with Gasteiger partial charge in [-0.05, 0) is 6.42 Å². The van der Waals surface area contributed by atoms with Crippen molar-refractivity contribution in [3.05, 3.63) is 0 Å². The normalized spacial score (nSPS) is 44.8. The highest BCUT2D eigenvalue weighted by Gasteiger charge is 2.48. The second kappa shape index (κ2) is 4.27. The van der Waals surface area contributed by atoms with Crippen LogP contribution in [0.5, 0.6) is 0 Å². The minimum Gasteiger partial charge on any atom is -0.387 e. The van der Waals surface area contributed by atoms with E-state index in [1.165, 1.54) is 11.8 Å². The highest BCUT2D eigenvalue weighted by atomic mass is 32.2. The number of ether oxygens (including phenoxy) is 1. The van der Waals surface area contributed by atoms with Crippen molar-refractivity contribution < 1.29 is 14.2 Å². The topological polar surface area (TPSA) is 53.8 Å². The van der Waals surface area contributed by atoms with Crippen LogP contribution in [-0.4, -0.2) is 47.2 Å². The van der Waals surface area contributed by atoms with Gasteiger partial charge < -0.3 is 15.2 Å². The Labute approximate surface area is 92.3 Å². The average Bonchev–Trinajstić information content (AvgIpc) is 2.66. The van der Waals surface area contributed by atoms with Crippen molar-refractivity contribution in [3.63, 3.8) is 0 Å². The summed E-state index contributed by atoms with van der Waals surface area (Å²) in [6.07, 6.45) is -2.19. The number of aliphatic hydroxyl groups excluding tert-OH is 1. The molecule has 0 amide bonds. The lowest BCUT2D eigenvalue weighted by molar-refractivity contribution is -0.131. The van der Waals surface area contributed by atoms with Crippen molar-refractivity contribution in [2.45, 2.75) is 43.2 Å². The van der Waals surface area contributed by atoms with Crippen LogP contribution in [0.4, 0.5) is 4.39 Å². The van der Waals surface area contributed by atoms with Gasteiger partial charge in [-0.25, -0.2) is 4.39 Å². The van der Waals surface area contributed by atoms with Gasteiger partial charge in [0.2, 0.25) is 0 Å². The highest BCUT2D eigenvalue weighted by molar-refractivity contribution is 8.14. The summed E-state index contributed by atoms with van der Waals surface area (Å²) in [5.41, 5.74) is -0.296. The number of rotatable bonds is 1. The van der Waals surface area contributed by atoms with E-state index in [0.717, 1.165) is 0 Å². The molecular formula is C9H15FN2O2S. The number of nitrogens with zero attached hydrogens (tertiary/aromatic N) is 1. The van der Waals surface area contributed by atoms with E-state index in [1.807, 2.05) is 6.92 Å². The van der Waals surface area contributed by atoms with E-state index in [4.69, 9.17) is 4.74 Å². The molecule has 1 saturated heterocycles. The van der Waals surface area contributed by atoms with Gasteiger partial charge in [-0.1, -0.05) is 18.7 Å². The second-order valence-corrected chi connectivity index (χ2v) is 4.77. The number of aliphatic hydroxyl groups is 1. The third-order valence-corrected chi connectivity index (χ3v) is 3.89. The predicted molar refractivity (Wildman–Crippen MR) is 57.7 cm³/mol. The standard InChI is InChI=1S/C9H15FN2O2S/c1-3-4-7(13)5(10)6-8(14-4)15-9(11-2)12-6/h4-8,13H,3H2,1-2H3,(H,11,12)/t4-,5+,6-,7+,8-/m1/s1. The van der Waals surface area contributed by atoms with Crippen molar-refractivity contribution in [2.75, 3.05) is 7.05 Å². The van der Waals surface area contributed by atoms with Gasteiger partial charge >= 0.3 is 0 Å². The van der Waals surface area contributed by atoms with Gasteiger partial charge in [0, 0.05) is 7.05 Å². The summed E-state index contributed by atoms with van der Waals surface area (Å²) in [5, 5.41) is 13.2. The molecule has 0 aromatic heterocycles. The Bertz CT molecular complexity index is 277. The number of thioether (sulfide) groups is 1. The number of amidine groups is 1. The molecule has 0 unspecified atom stereocenters.